The average molecular weight is 366 g/mol. The number of carboxylic acids is 1. The Labute approximate surface area is 135 Å². The molecule has 0 unspecified atom stereocenters. The average Bonchev–Trinajstić information content (AvgIpc) is 2.46. The van der Waals surface area contributed by atoms with Gasteiger partial charge in [-0.3, -0.25) is 0 Å². The molecule has 0 spiro atoms. The van der Waals surface area contributed by atoms with Gasteiger partial charge in [-0.05, 0) is 35.9 Å². The topological polar surface area (TPSA) is 73.1 Å². The summed E-state index contributed by atoms with van der Waals surface area (Å²) in [4.78, 5) is 10.9. The molecule has 2 N–H and O–H groups in total. The van der Waals surface area contributed by atoms with Crippen LogP contribution in [-0.2, 0) is 6.54 Å². The van der Waals surface area contributed by atoms with E-state index in [4.69, 9.17) is 22.0 Å². The van der Waals surface area contributed by atoms with E-state index >= 15 is 0 Å². The number of carbonyl (C=O) groups is 1. The molecule has 0 saturated heterocycles. The number of nitrogens with zero attached hydrogens (tertiary/aromatic N) is 1. The zero-order chi connectivity index (χ0) is 15.4. The largest absolute Gasteiger partial charge is 0.478 e. The van der Waals surface area contributed by atoms with E-state index in [1.807, 2.05) is 6.07 Å². The van der Waals surface area contributed by atoms with Crippen LogP contribution in [0.5, 0.6) is 0 Å². The summed E-state index contributed by atoms with van der Waals surface area (Å²) in [7, 11) is 0. The van der Waals surface area contributed by atoms with Gasteiger partial charge in [0.2, 0.25) is 0 Å². The molecule has 21 heavy (non-hydrogen) atoms. The summed E-state index contributed by atoms with van der Waals surface area (Å²) in [6, 6.07) is 11.9. The maximum Gasteiger partial charge on any atom is 0.335 e. The Morgan fingerprint density at radius 1 is 1.33 bits per heavy atom. The fourth-order valence-corrected chi connectivity index (χ4v) is 2.51. The highest BCUT2D eigenvalue weighted by atomic mass is 79.9. The number of carboxylic acid groups (broad SMARTS) is 1. The van der Waals surface area contributed by atoms with Crippen LogP contribution < -0.4 is 5.32 Å². The summed E-state index contributed by atoms with van der Waals surface area (Å²) < 4.78 is 0.708. The second kappa shape index (κ2) is 6.61. The lowest BCUT2D eigenvalue weighted by Gasteiger charge is -2.10. The fraction of sp³-hybridized carbons (Fsp3) is 0.0667. The SMILES string of the molecule is N#Cc1ccc(NCc2ccc(C(=O)O)cc2Br)c(Cl)c1. The molecule has 2 rings (SSSR count). The molecule has 0 saturated carbocycles. The summed E-state index contributed by atoms with van der Waals surface area (Å²) in [5, 5.41) is 21.3. The second-order valence-electron chi connectivity index (χ2n) is 4.27. The minimum Gasteiger partial charge on any atom is -0.478 e. The lowest BCUT2D eigenvalue weighted by molar-refractivity contribution is 0.0697. The molecule has 106 valence electrons. The van der Waals surface area contributed by atoms with Crippen molar-refractivity contribution >= 4 is 39.2 Å². The van der Waals surface area contributed by atoms with Crippen LogP contribution in [0.1, 0.15) is 21.5 Å². The molecule has 0 amide bonds. The Kier molecular flexibility index (Phi) is 4.84. The minimum atomic E-state index is -0.967. The first-order valence-electron chi connectivity index (χ1n) is 5.96. The molecule has 0 atom stereocenters. The fourth-order valence-electron chi connectivity index (χ4n) is 1.74. The molecule has 0 aliphatic heterocycles. The highest BCUT2D eigenvalue weighted by molar-refractivity contribution is 9.10. The van der Waals surface area contributed by atoms with Gasteiger partial charge >= 0.3 is 5.97 Å². The predicted octanol–water partition coefficient (Wildman–Crippen LogP) is 4.28. The number of hydrogen-bond acceptors (Lipinski definition) is 3. The van der Waals surface area contributed by atoms with Gasteiger partial charge in [-0.1, -0.05) is 33.6 Å². The molecule has 0 aliphatic rings. The van der Waals surface area contributed by atoms with E-state index in [0.717, 1.165) is 5.56 Å². The number of hydrogen-bond donors (Lipinski definition) is 2. The van der Waals surface area contributed by atoms with Crippen molar-refractivity contribution in [1.29, 1.82) is 5.26 Å². The third kappa shape index (κ3) is 3.75. The predicted molar refractivity (Wildman–Crippen MR) is 84.6 cm³/mol. The number of nitrogens with one attached hydrogen (secondary N) is 1. The van der Waals surface area contributed by atoms with Gasteiger partial charge in [0.1, 0.15) is 0 Å². The van der Waals surface area contributed by atoms with Crippen LogP contribution in [0.25, 0.3) is 0 Å². The molecule has 4 nitrogen and oxygen atoms in total. The van der Waals surface area contributed by atoms with Crippen molar-refractivity contribution in [1.82, 2.24) is 0 Å². The Morgan fingerprint density at radius 2 is 2.10 bits per heavy atom. The number of halogens is 2. The first-order chi connectivity index (χ1) is 10.0. The van der Waals surface area contributed by atoms with Crippen molar-refractivity contribution in [2.24, 2.45) is 0 Å². The van der Waals surface area contributed by atoms with E-state index in [1.165, 1.54) is 0 Å². The highest BCUT2D eigenvalue weighted by Crippen LogP contribution is 2.25. The monoisotopic (exact) mass is 364 g/mol. The maximum atomic E-state index is 10.9. The number of benzene rings is 2. The Bertz CT molecular complexity index is 741. The van der Waals surface area contributed by atoms with Crippen molar-refractivity contribution in [2.75, 3.05) is 5.32 Å². The summed E-state index contributed by atoms with van der Waals surface area (Å²) >= 11 is 9.43. The first kappa shape index (κ1) is 15.4. The van der Waals surface area contributed by atoms with Crippen LogP contribution in [-0.4, -0.2) is 11.1 Å². The number of anilines is 1. The molecule has 2 aromatic rings. The maximum absolute atomic E-state index is 10.9. The van der Waals surface area contributed by atoms with Gasteiger partial charge in [-0.25, -0.2) is 4.79 Å². The number of aromatic carboxylic acids is 1. The molecule has 0 bridgehead atoms. The second-order valence-corrected chi connectivity index (χ2v) is 5.53. The van der Waals surface area contributed by atoms with Gasteiger partial charge in [0.05, 0.1) is 27.9 Å². The van der Waals surface area contributed by atoms with Gasteiger partial charge in [0, 0.05) is 11.0 Å². The zero-order valence-electron chi connectivity index (χ0n) is 10.7. The molecule has 0 heterocycles. The van der Waals surface area contributed by atoms with Crippen LogP contribution in [0.4, 0.5) is 5.69 Å². The molecule has 0 aromatic heterocycles. The smallest absolute Gasteiger partial charge is 0.335 e. The molecule has 6 heteroatoms. The third-order valence-corrected chi connectivity index (χ3v) is 3.92. The third-order valence-electron chi connectivity index (χ3n) is 2.87. The standard InChI is InChI=1S/C15H10BrClN2O2/c16-12-6-10(15(20)21)2-3-11(12)8-19-14-4-1-9(7-18)5-13(14)17/h1-6,19H,8H2,(H,20,21). The molecule has 0 radical (unpaired) electrons. The lowest BCUT2D eigenvalue weighted by atomic mass is 10.1. The van der Waals surface area contributed by atoms with Crippen molar-refractivity contribution in [3.05, 3.63) is 62.6 Å². The summed E-state index contributed by atoms with van der Waals surface area (Å²) in [5.74, 6) is -0.967. The van der Waals surface area contributed by atoms with Crippen LogP contribution in [0.2, 0.25) is 5.02 Å². The number of nitriles is 1. The summed E-state index contributed by atoms with van der Waals surface area (Å²) in [5.41, 5.74) is 2.34. The van der Waals surface area contributed by atoms with Crippen LogP contribution >= 0.6 is 27.5 Å². The van der Waals surface area contributed by atoms with E-state index < -0.39 is 5.97 Å². The Morgan fingerprint density at radius 3 is 2.67 bits per heavy atom. The van der Waals surface area contributed by atoms with Crippen LogP contribution in [0.3, 0.4) is 0 Å². The van der Waals surface area contributed by atoms with Crippen LogP contribution in [0.15, 0.2) is 40.9 Å². The van der Waals surface area contributed by atoms with E-state index in [-0.39, 0.29) is 5.56 Å². The number of rotatable bonds is 4. The Hall–Kier alpha value is -2.03. The van der Waals surface area contributed by atoms with E-state index in [1.54, 1.807) is 36.4 Å². The quantitative estimate of drug-likeness (QED) is 0.848. The van der Waals surface area contributed by atoms with E-state index in [2.05, 4.69) is 21.2 Å². The normalized spacial score (nSPS) is 9.95. The van der Waals surface area contributed by atoms with E-state index in [0.29, 0.717) is 27.3 Å². The summed E-state index contributed by atoms with van der Waals surface area (Å²) in [6.07, 6.45) is 0. The molecule has 0 aliphatic carbocycles. The van der Waals surface area contributed by atoms with Gasteiger partial charge in [-0.15, -0.1) is 0 Å². The first-order valence-corrected chi connectivity index (χ1v) is 7.13. The highest BCUT2D eigenvalue weighted by Gasteiger charge is 2.07. The van der Waals surface area contributed by atoms with Gasteiger partial charge < -0.3 is 10.4 Å². The Balaban J connectivity index is 2.13. The van der Waals surface area contributed by atoms with Gasteiger partial charge in [-0.2, -0.15) is 5.26 Å². The van der Waals surface area contributed by atoms with Crippen molar-refractivity contribution in [3.63, 3.8) is 0 Å². The van der Waals surface area contributed by atoms with Gasteiger partial charge in [0.25, 0.3) is 0 Å². The van der Waals surface area contributed by atoms with Gasteiger partial charge in [0.15, 0.2) is 0 Å². The molecular formula is C15H10BrClN2O2. The molecule has 0 fully saturated rings. The van der Waals surface area contributed by atoms with Crippen molar-refractivity contribution in [3.8, 4) is 6.07 Å². The van der Waals surface area contributed by atoms with E-state index in [9.17, 15) is 4.79 Å². The van der Waals surface area contributed by atoms with Crippen molar-refractivity contribution in [2.45, 2.75) is 6.54 Å². The summed E-state index contributed by atoms with van der Waals surface area (Å²) in [6.45, 7) is 0.478. The lowest BCUT2D eigenvalue weighted by Crippen LogP contribution is -2.03. The minimum absolute atomic E-state index is 0.224. The van der Waals surface area contributed by atoms with Crippen molar-refractivity contribution < 1.29 is 9.90 Å². The molecular weight excluding hydrogens is 356 g/mol. The zero-order valence-corrected chi connectivity index (χ0v) is 13.1. The molecule has 2 aromatic carbocycles. The van der Waals surface area contributed by atoms with Crippen LogP contribution in [0, 0.1) is 11.3 Å².